The number of esters is 1. The van der Waals surface area contributed by atoms with Gasteiger partial charge in [0.1, 0.15) is 11.4 Å². The van der Waals surface area contributed by atoms with Crippen LogP contribution < -0.4 is 4.74 Å². The van der Waals surface area contributed by atoms with Crippen LogP contribution >= 0.6 is 0 Å². The summed E-state index contributed by atoms with van der Waals surface area (Å²) in [6.45, 7) is 3.87. The monoisotopic (exact) mass is 327 g/mol. The molecule has 24 heavy (non-hydrogen) atoms. The molecule has 1 heterocycles. The molecular formula is C19H21NO4. The number of benzene rings is 1. The summed E-state index contributed by atoms with van der Waals surface area (Å²) in [5.41, 5.74) is 3.62. The molecule has 1 aromatic carbocycles. The fourth-order valence-corrected chi connectivity index (χ4v) is 3.37. The van der Waals surface area contributed by atoms with Crippen molar-refractivity contribution in [1.29, 1.82) is 0 Å². The molecule has 0 spiro atoms. The number of methoxy groups -OCH3 is 1. The zero-order chi connectivity index (χ0) is 17.3. The van der Waals surface area contributed by atoms with Crippen LogP contribution in [-0.2, 0) is 11.2 Å². The molecule has 0 unspecified atom stereocenters. The van der Waals surface area contributed by atoms with Gasteiger partial charge in [0.2, 0.25) is 0 Å². The summed E-state index contributed by atoms with van der Waals surface area (Å²) in [4.78, 5) is 27.8. The number of fused-ring (bicyclic) bond motifs is 1. The van der Waals surface area contributed by atoms with Crippen molar-refractivity contribution in [2.45, 2.75) is 32.6 Å². The Morgan fingerprint density at radius 1 is 1.33 bits per heavy atom. The SMILES string of the molecule is CCOC(=O)c1[nH]c2c(c1C)C(=O)C[C@@H](c1cccc(OC)c1)C2. The lowest BCUT2D eigenvalue weighted by atomic mass is 9.81. The third-order valence-electron chi connectivity index (χ3n) is 4.53. The topological polar surface area (TPSA) is 68.4 Å². The Morgan fingerprint density at radius 3 is 2.83 bits per heavy atom. The van der Waals surface area contributed by atoms with E-state index in [0.717, 1.165) is 17.0 Å². The van der Waals surface area contributed by atoms with Gasteiger partial charge < -0.3 is 14.5 Å². The minimum atomic E-state index is -0.407. The van der Waals surface area contributed by atoms with E-state index in [2.05, 4.69) is 4.98 Å². The largest absolute Gasteiger partial charge is 0.497 e. The van der Waals surface area contributed by atoms with Gasteiger partial charge in [0.05, 0.1) is 13.7 Å². The quantitative estimate of drug-likeness (QED) is 0.874. The number of aromatic nitrogens is 1. The number of aromatic amines is 1. The average molecular weight is 327 g/mol. The molecule has 5 heteroatoms. The van der Waals surface area contributed by atoms with Gasteiger partial charge in [0, 0.05) is 17.7 Å². The zero-order valence-electron chi connectivity index (χ0n) is 14.1. The Balaban J connectivity index is 1.94. The van der Waals surface area contributed by atoms with Crippen molar-refractivity contribution in [2.24, 2.45) is 0 Å². The van der Waals surface area contributed by atoms with Crippen molar-refractivity contribution in [2.75, 3.05) is 13.7 Å². The predicted octanol–water partition coefficient (Wildman–Crippen LogP) is 3.42. The second-order valence-corrected chi connectivity index (χ2v) is 6.00. The number of ether oxygens (including phenoxy) is 2. The van der Waals surface area contributed by atoms with Crippen molar-refractivity contribution >= 4 is 11.8 Å². The molecule has 1 atom stereocenters. The number of hydrogen-bond acceptors (Lipinski definition) is 4. The molecule has 0 aliphatic heterocycles. The number of carbonyl (C=O) groups excluding carboxylic acids is 2. The van der Waals surface area contributed by atoms with Crippen molar-refractivity contribution in [1.82, 2.24) is 4.98 Å². The summed E-state index contributed by atoms with van der Waals surface area (Å²) in [6.07, 6.45) is 1.12. The van der Waals surface area contributed by atoms with Crippen molar-refractivity contribution < 1.29 is 19.1 Å². The molecule has 1 aliphatic rings. The Bertz CT molecular complexity index is 791. The van der Waals surface area contributed by atoms with Gasteiger partial charge in [-0.2, -0.15) is 0 Å². The number of carbonyl (C=O) groups is 2. The van der Waals surface area contributed by atoms with Gasteiger partial charge in [-0.1, -0.05) is 12.1 Å². The number of Topliss-reactive ketones (excluding diaryl/α,β-unsaturated/α-hetero) is 1. The molecule has 1 N–H and O–H groups in total. The van der Waals surface area contributed by atoms with E-state index in [0.29, 0.717) is 36.3 Å². The highest BCUT2D eigenvalue weighted by molar-refractivity contribution is 6.03. The smallest absolute Gasteiger partial charge is 0.355 e. The van der Waals surface area contributed by atoms with Gasteiger partial charge in [-0.05, 0) is 49.4 Å². The first-order valence-electron chi connectivity index (χ1n) is 8.10. The lowest BCUT2D eigenvalue weighted by molar-refractivity contribution is 0.0519. The molecule has 5 nitrogen and oxygen atoms in total. The van der Waals surface area contributed by atoms with Crippen LogP contribution in [0.3, 0.4) is 0 Å². The number of hydrogen-bond donors (Lipinski definition) is 1. The van der Waals surface area contributed by atoms with E-state index >= 15 is 0 Å². The highest BCUT2D eigenvalue weighted by Crippen LogP contribution is 2.36. The molecule has 126 valence electrons. The third kappa shape index (κ3) is 2.82. The van der Waals surface area contributed by atoms with Crippen molar-refractivity contribution in [3.63, 3.8) is 0 Å². The maximum absolute atomic E-state index is 12.6. The zero-order valence-corrected chi connectivity index (χ0v) is 14.1. The Labute approximate surface area is 141 Å². The number of nitrogens with one attached hydrogen (secondary N) is 1. The van der Waals surface area contributed by atoms with Gasteiger partial charge in [0.25, 0.3) is 0 Å². The second-order valence-electron chi connectivity index (χ2n) is 6.00. The molecule has 0 saturated heterocycles. The molecule has 0 amide bonds. The van der Waals surface area contributed by atoms with E-state index in [9.17, 15) is 9.59 Å². The van der Waals surface area contributed by atoms with Crippen molar-refractivity contribution in [3.05, 3.63) is 52.3 Å². The molecule has 2 aromatic rings. The van der Waals surface area contributed by atoms with Crippen LogP contribution in [0.2, 0.25) is 0 Å². The van der Waals surface area contributed by atoms with Crippen LogP contribution in [-0.4, -0.2) is 30.5 Å². The minimum absolute atomic E-state index is 0.0633. The number of rotatable bonds is 4. The Morgan fingerprint density at radius 2 is 2.12 bits per heavy atom. The molecule has 0 bridgehead atoms. The van der Waals surface area contributed by atoms with E-state index in [1.165, 1.54) is 0 Å². The first-order valence-corrected chi connectivity index (χ1v) is 8.10. The van der Waals surface area contributed by atoms with Crippen LogP contribution in [0.15, 0.2) is 24.3 Å². The summed E-state index contributed by atoms with van der Waals surface area (Å²) in [5.74, 6) is 0.511. The van der Waals surface area contributed by atoms with Crippen LogP contribution in [0, 0.1) is 6.92 Å². The summed E-state index contributed by atoms with van der Waals surface area (Å²) < 4.78 is 10.3. The lowest BCUT2D eigenvalue weighted by Crippen LogP contribution is -2.18. The number of H-pyrrole nitrogens is 1. The number of ketones is 1. The summed E-state index contributed by atoms with van der Waals surface area (Å²) in [5, 5.41) is 0. The highest BCUT2D eigenvalue weighted by atomic mass is 16.5. The van der Waals surface area contributed by atoms with Gasteiger partial charge >= 0.3 is 5.97 Å². The third-order valence-corrected chi connectivity index (χ3v) is 4.53. The minimum Gasteiger partial charge on any atom is -0.497 e. The van der Waals surface area contributed by atoms with Gasteiger partial charge in [-0.3, -0.25) is 4.79 Å². The van der Waals surface area contributed by atoms with E-state index in [1.807, 2.05) is 24.3 Å². The fraction of sp³-hybridized carbons (Fsp3) is 0.368. The van der Waals surface area contributed by atoms with E-state index in [4.69, 9.17) is 9.47 Å². The Kier molecular flexibility index (Phi) is 4.42. The van der Waals surface area contributed by atoms with Gasteiger partial charge in [-0.15, -0.1) is 0 Å². The molecule has 1 aliphatic carbocycles. The summed E-state index contributed by atoms with van der Waals surface area (Å²) in [7, 11) is 1.63. The van der Waals surface area contributed by atoms with Gasteiger partial charge in [0.15, 0.2) is 5.78 Å². The maximum atomic E-state index is 12.6. The van der Waals surface area contributed by atoms with Crippen LogP contribution in [0.1, 0.15) is 56.9 Å². The molecule has 3 rings (SSSR count). The lowest BCUT2D eigenvalue weighted by Gasteiger charge is -2.22. The molecule has 0 saturated carbocycles. The van der Waals surface area contributed by atoms with E-state index < -0.39 is 5.97 Å². The maximum Gasteiger partial charge on any atom is 0.355 e. The molecule has 0 radical (unpaired) electrons. The van der Waals surface area contributed by atoms with E-state index in [-0.39, 0.29) is 11.7 Å². The van der Waals surface area contributed by atoms with Crippen LogP contribution in [0.4, 0.5) is 0 Å². The second kappa shape index (κ2) is 6.51. The summed E-state index contributed by atoms with van der Waals surface area (Å²) in [6, 6.07) is 7.79. The predicted molar refractivity (Wildman–Crippen MR) is 89.9 cm³/mol. The van der Waals surface area contributed by atoms with Crippen LogP contribution in [0.25, 0.3) is 0 Å². The first-order chi connectivity index (χ1) is 11.5. The average Bonchev–Trinajstić information content (AvgIpc) is 2.92. The fourth-order valence-electron chi connectivity index (χ4n) is 3.37. The highest BCUT2D eigenvalue weighted by Gasteiger charge is 2.32. The molecular weight excluding hydrogens is 306 g/mol. The van der Waals surface area contributed by atoms with Gasteiger partial charge in [-0.25, -0.2) is 4.79 Å². The van der Waals surface area contributed by atoms with Crippen molar-refractivity contribution in [3.8, 4) is 5.75 Å². The molecule has 1 aromatic heterocycles. The molecule has 0 fully saturated rings. The summed E-state index contributed by atoms with van der Waals surface area (Å²) >= 11 is 0. The standard InChI is InChI=1S/C19H21NO4/c1-4-24-19(22)18-11(2)17-15(20-18)9-13(10-16(17)21)12-6-5-7-14(8-12)23-3/h5-8,13,20H,4,9-10H2,1-3H3/t13-/m0/s1. The van der Waals surface area contributed by atoms with E-state index in [1.54, 1.807) is 21.0 Å². The first kappa shape index (κ1) is 16.3. The Hall–Kier alpha value is -2.56. The normalized spacial score (nSPS) is 16.6. The van der Waals surface area contributed by atoms with Crippen LogP contribution in [0.5, 0.6) is 5.75 Å².